The highest BCUT2D eigenvalue weighted by Gasteiger charge is 2.53. The molecule has 0 atom stereocenters. The number of methoxy groups -OCH3 is 1. The number of hydrogen-bond acceptors (Lipinski definition) is 4. The lowest BCUT2D eigenvalue weighted by atomic mass is 9.73. The minimum Gasteiger partial charge on any atom is -0.381 e. The molecule has 84 valence electrons. The van der Waals surface area contributed by atoms with E-state index >= 15 is 0 Å². The first kappa shape index (κ1) is 9.46. The van der Waals surface area contributed by atoms with Gasteiger partial charge in [0.1, 0.15) is 0 Å². The second kappa shape index (κ2) is 3.11. The van der Waals surface area contributed by atoms with Gasteiger partial charge in [0.25, 0.3) is 0 Å². The Kier molecular flexibility index (Phi) is 1.96. The van der Waals surface area contributed by atoms with E-state index in [0.29, 0.717) is 6.10 Å². The fourth-order valence-electron chi connectivity index (χ4n) is 2.79. The van der Waals surface area contributed by atoms with E-state index in [0.717, 1.165) is 37.8 Å². The lowest BCUT2D eigenvalue weighted by Gasteiger charge is -2.50. The summed E-state index contributed by atoms with van der Waals surface area (Å²) in [6.07, 6.45) is 5.36. The van der Waals surface area contributed by atoms with Crippen molar-refractivity contribution in [2.75, 3.05) is 20.2 Å². The van der Waals surface area contributed by atoms with E-state index in [4.69, 9.17) is 10.5 Å². The quantitative estimate of drug-likeness (QED) is 0.739. The van der Waals surface area contributed by atoms with Gasteiger partial charge in [0, 0.05) is 13.7 Å². The summed E-state index contributed by atoms with van der Waals surface area (Å²) in [6.45, 7) is 2.00. The third-order valence-corrected chi connectivity index (χ3v) is 4.07. The van der Waals surface area contributed by atoms with Crippen LogP contribution in [-0.4, -0.2) is 42.7 Å². The summed E-state index contributed by atoms with van der Waals surface area (Å²) in [5, 5.41) is 0. The Morgan fingerprint density at radius 1 is 1.53 bits per heavy atom. The average Bonchev–Trinajstić information content (AvgIpc) is 2.91. The van der Waals surface area contributed by atoms with Crippen LogP contribution in [-0.2, 0) is 4.74 Å². The lowest BCUT2D eigenvalue weighted by Crippen LogP contribution is -2.61. The Morgan fingerprint density at radius 2 is 2.27 bits per heavy atom. The Bertz CT molecular complexity index is 292. The maximum atomic E-state index is 5.96. The number of hydrogen-bond donors (Lipinski definition) is 1. The zero-order valence-corrected chi connectivity index (χ0v) is 9.28. The molecule has 1 spiro atoms. The molecule has 0 bridgehead atoms. The van der Waals surface area contributed by atoms with Crippen LogP contribution in [0.15, 0.2) is 4.99 Å². The van der Waals surface area contributed by atoms with Crippen LogP contribution in [0, 0.1) is 5.92 Å². The molecular formula is C11H19N3O. The number of nitrogens with two attached hydrogens (primary N) is 1. The number of ether oxygens (including phenoxy) is 1. The Balaban J connectivity index is 1.68. The molecule has 2 saturated carbocycles. The van der Waals surface area contributed by atoms with Gasteiger partial charge in [0.15, 0.2) is 5.96 Å². The van der Waals surface area contributed by atoms with Gasteiger partial charge >= 0.3 is 0 Å². The highest BCUT2D eigenvalue weighted by atomic mass is 16.5. The van der Waals surface area contributed by atoms with E-state index in [1.54, 1.807) is 7.11 Å². The van der Waals surface area contributed by atoms with Gasteiger partial charge in [-0.3, -0.25) is 4.99 Å². The standard InChI is InChI=1S/C11H19N3O/c1-15-9-4-11(5-9)7-13-10(12)14(11)6-8-2-3-8/h8-9H,2-7H2,1H3,(H2,12,13). The molecule has 0 aromatic heterocycles. The summed E-state index contributed by atoms with van der Waals surface area (Å²) in [6, 6.07) is 0. The van der Waals surface area contributed by atoms with E-state index in [1.165, 1.54) is 12.8 Å². The highest BCUT2D eigenvalue weighted by molar-refractivity contribution is 5.81. The van der Waals surface area contributed by atoms with E-state index in [9.17, 15) is 0 Å². The van der Waals surface area contributed by atoms with E-state index in [1.807, 2.05) is 0 Å². The van der Waals surface area contributed by atoms with Crippen molar-refractivity contribution in [3.05, 3.63) is 0 Å². The normalized spacial score (nSPS) is 39.4. The van der Waals surface area contributed by atoms with Crippen LogP contribution < -0.4 is 5.73 Å². The van der Waals surface area contributed by atoms with Crippen molar-refractivity contribution in [3.8, 4) is 0 Å². The summed E-state index contributed by atoms with van der Waals surface area (Å²) in [5.74, 6) is 1.63. The average molecular weight is 209 g/mol. The number of aliphatic imine (C=N–C) groups is 1. The van der Waals surface area contributed by atoms with Crippen LogP contribution in [0.1, 0.15) is 25.7 Å². The second-order valence-electron chi connectivity index (χ2n) is 5.22. The molecule has 2 fully saturated rings. The predicted molar refractivity (Wildman–Crippen MR) is 58.7 cm³/mol. The molecule has 0 aromatic rings. The lowest BCUT2D eigenvalue weighted by molar-refractivity contribution is -0.0573. The fourth-order valence-corrected chi connectivity index (χ4v) is 2.79. The molecule has 2 N–H and O–H groups in total. The summed E-state index contributed by atoms with van der Waals surface area (Å²) in [7, 11) is 1.79. The highest BCUT2D eigenvalue weighted by Crippen LogP contribution is 2.44. The minimum atomic E-state index is 0.230. The summed E-state index contributed by atoms with van der Waals surface area (Å²) >= 11 is 0. The van der Waals surface area contributed by atoms with Crippen molar-refractivity contribution in [3.63, 3.8) is 0 Å². The van der Waals surface area contributed by atoms with Crippen molar-refractivity contribution < 1.29 is 4.74 Å². The van der Waals surface area contributed by atoms with Gasteiger partial charge in [0.2, 0.25) is 0 Å². The summed E-state index contributed by atoms with van der Waals surface area (Å²) in [4.78, 5) is 6.75. The van der Waals surface area contributed by atoms with Crippen molar-refractivity contribution >= 4 is 5.96 Å². The summed E-state index contributed by atoms with van der Waals surface area (Å²) in [5.41, 5.74) is 6.19. The van der Waals surface area contributed by atoms with Crippen molar-refractivity contribution in [1.29, 1.82) is 0 Å². The van der Waals surface area contributed by atoms with Crippen LogP contribution in [0.3, 0.4) is 0 Å². The smallest absolute Gasteiger partial charge is 0.191 e. The molecule has 3 rings (SSSR count). The van der Waals surface area contributed by atoms with Crippen LogP contribution >= 0.6 is 0 Å². The Labute approximate surface area is 90.5 Å². The van der Waals surface area contributed by atoms with Crippen LogP contribution in [0.25, 0.3) is 0 Å². The first-order valence-corrected chi connectivity index (χ1v) is 5.84. The SMILES string of the molecule is COC1CC2(CN=C(N)N2CC2CC2)C1. The van der Waals surface area contributed by atoms with Gasteiger partial charge in [-0.1, -0.05) is 0 Å². The molecular weight excluding hydrogens is 190 g/mol. The van der Waals surface area contributed by atoms with Gasteiger partial charge in [0.05, 0.1) is 18.2 Å². The van der Waals surface area contributed by atoms with E-state index in [-0.39, 0.29) is 5.54 Å². The third kappa shape index (κ3) is 1.42. The van der Waals surface area contributed by atoms with Gasteiger partial charge in [-0.2, -0.15) is 0 Å². The number of nitrogens with zero attached hydrogens (tertiary/aromatic N) is 2. The van der Waals surface area contributed by atoms with Crippen molar-refractivity contribution in [1.82, 2.24) is 4.90 Å². The maximum absolute atomic E-state index is 5.96. The summed E-state index contributed by atoms with van der Waals surface area (Å²) < 4.78 is 5.36. The minimum absolute atomic E-state index is 0.230. The zero-order chi connectivity index (χ0) is 10.5. The monoisotopic (exact) mass is 209 g/mol. The van der Waals surface area contributed by atoms with Gasteiger partial charge in [-0.15, -0.1) is 0 Å². The van der Waals surface area contributed by atoms with Crippen molar-refractivity contribution in [2.45, 2.75) is 37.3 Å². The molecule has 4 heteroatoms. The van der Waals surface area contributed by atoms with Gasteiger partial charge < -0.3 is 15.4 Å². The largest absolute Gasteiger partial charge is 0.381 e. The van der Waals surface area contributed by atoms with Crippen LogP contribution in [0.2, 0.25) is 0 Å². The van der Waals surface area contributed by atoms with Crippen LogP contribution in [0.5, 0.6) is 0 Å². The molecule has 3 aliphatic rings. The first-order chi connectivity index (χ1) is 7.23. The second-order valence-corrected chi connectivity index (χ2v) is 5.22. The first-order valence-electron chi connectivity index (χ1n) is 5.84. The topological polar surface area (TPSA) is 50.9 Å². The third-order valence-electron chi connectivity index (χ3n) is 4.07. The molecule has 0 radical (unpaired) electrons. The van der Waals surface area contributed by atoms with Gasteiger partial charge in [-0.05, 0) is 31.6 Å². The Hall–Kier alpha value is -0.770. The molecule has 0 saturated heterocycles. The molecule has 1 aliphatic heterocycles. The number of rotatable bonds is 3. The zero-order valence-electron chi connectivity index (χ0n) is 9.28. The molecule has 0 aromatic carbocycles. The molecule has 15 heavy (non-hydrogen) atoms. The fraction of sp³-hybridized carbons (Fsp3) is 0.909. The molecule has 0 amide bonds. The van der Waals surface area contributed by atoms with Crippen LogP contribution in [0.4, 0.5) is 0 Å². The molecule has 1 heterocycles. The van der Waals surface area contributed by atoms with E-state index < -0.39 is 0 Å². The maximum Gasteiger partial charge on any atom is 0.191 e. The molecule has 0 unspecified atom stereocenters. The van der Waals surface area contributed by atoms with Gasteiger partial charge in [-0.25, -0.2) is 0 Å². The van der Waals surface area contributed by atoms with Crippen molar-refractivity contribution in [2.24, 2.45) is 16.6 Å². The molecule has 4 nitrogen and oxygen atoms in total. The Morgan fingerprint density at radius 3 is 2.87 bits per heavy atom. The molecule has 2 aliphatic carbocycles. The predicted octanol–water partition coefficient (Wildman–Crippen LogP) is 0.574. The van der Waals surface area contributed by atoms with E-state index in [2.05, 4.69) is 9.89 Å². The number of guanidine groups is 1.